The van der Waals surface area contributed by atoms with E-state index in [0.717, 1.165) is 24.2 Å². The lowest BCUT2D eigenvalue weighted by atomic mass is 10.1. The highest BCUT2D eigenvalue weighted by Gasteiger charge is 2.06. The number of nitrogens with one attached hydrogen (secondary N) is 1. The van der Waals surface area contributed by atoms with Crippen molar-refractivity contribution in [1.82, 2.24) is 5.32 Å². The van der Waals surface area contributed by atoms with E-state index in [1.165, 1.54) is 11.6 Å². The summed E-state index contributed by atoms with van der Waals surface area (Å²) in [6.07, 6.45) is 0. The molecule has 20 heavy (non-hydrogen) atoms. The van der Waals surface area contributed by atoms with Crippen molar-refractivity contribution >= 4 is 0 Å². The van der Waals surface area contributed by atoms with E-state index >= 15 is 0 Å². The largest absolute Gasteiger partial charge is 0.486 e. The SMILES string of the molecule is CCNCc1ccccc1COc1cc(C)ccc1F. The summed E-state index contributed by atoms with van der Waals surface area (Å²) in [6.45, 7) is 6.09. The summed E-state index contributed by atoms with van der Waals surface area (Å²) >= 11 is 0. The van der Waals surface area contributed by atoms with Gasteiger partial charge in [-0.1, -0.05) is 37.3 Å². The zero-order chi connectivity index (χ0) is 14.4. The predicted octanol–water partition coefficient (Wildman–Crippen LogP) is 3.82. The summed E-state index contributed by atoms with van der Waals surface area (Å²) in [5, 5.41) is 3.29. The van der Waals surface area contributed by atoms with Gasteiger partial charge in [0.2, 0.25) is 0 Å². The van der Waals surface area contributed by atoms with E-state index in [4.69, 9.17) is 4.74 Å². The van der Waals surface area contributed by atoms with Gasteiger partial charge in [-0.15, -0.1) is 0 Å². The van der Waals surface area contributed by atoms with Crippen molar-refractivity contribution in [3.63, 3.8) is 0 Å². The van der Waals surface area contributed by atoms with Crippen molar-refractivity contribution in [1.29, 1.82) is 0 Å². The Morgan fingerprint density at radius 1 is 1.10 bits per heavy atom. The summed E-state index contributed by atoms with van der Waals surface area (Å²) in [6, 6.07) is 13.0. The molecule has 0 unspecified atom stereocenters. The van der Waals surface area contributed by atoms with Gasteiger partial charge in [-0.25, -0.2) is 4.39 Å². The van der Waals surface area contributed by atoms with Crippen molar-refractivity contribution in [3.8, 4) is 5.75 Å². The van der Waals surface area contributed by atoms with Crippen LogP contribution >= 0.6 is 0 Å². The molecular formula is C17H20FNO. The average Bonchev–Trinajstić information content (AvgIpc) is 2.47. The minimum Gasteiger partial charge on any atom is -0.486 e. The molecule has 0 saturated heterocycles. The number of halogens is 1. The van der Waals surface area contributed by atoms with Crippen LogP contribution in [0.2, 0.25) is 0 Å². The Morgan fingerprint density at radius 2 is 1.85 bits per heavy atom. The first-order valence-corrected chi connectivity index (χ1v) is 6.87. The number of rotatable bonds is 6. The Kier molecular flexibility index (Phi) is 5.13. The lowest BCUT2D eigenvalue weighted by Crippen LogP contribution is -2.14. The maximum absolute atomic E-state index is 13.6. The molecule has 2 rings (SSSR count). The molecule has 0 amide bonds. The Labute approximate surface area is 119 Å². The molecule has 2 aromatic carbocycles. The summed E-state index contributed by atoms with van der Waals surface area (Å²) in [7, 11) is 0. The van der Waals surface area contributed by atoms with Gasteiger partial charge in [-0.3, -0.25) is 0 Å². The van der Waals surface area contributed by atoms with Crippen LogP contribution < -0.4 is 10.1 Å². The second-order valence-electron chi connectivity index (χ2n) is 4.77. The quantitative estimate of drug-likeness (QED) is 0.864. The zero-order valence-corrected chi connectivity index (χ0v) is 11.9. The molecule has 3 heteroatoms. The van der Waals surface area contributed by atoms with E-state index in [9.17, 15) is 4.39 Å². The first kappa shape index (κ1) is 14.5. The number of hydrogen-bond acceptors (Lipinski definition) is 2. The Bertz CT molecular complexity index is 569. The molecule has 0 bridgehead atoms. The highest BCUT2D eigenvalue weighted by molar-refractivity contribution is 5.31. The molecule has 0 aromatic heterocycles. The molecule has 0 saturated carbocycles. The smallest absolute Gasteiger partial charge is 0.165 e. The van der Waals surface area contributed by atoms with E-state index in [2.05, 4.69) is 18.3 Å². The summed E-state index contributed by atoms with van der Waals surface area (Å²) in [5.74, 6) is -0.0111. The van der Waals surface area contributed by atoms with Crippen molar-refractivity contribution < 1.29 is 9.13 Å². The van der Waals surface area contributed by atoms with E-state index in [1.807, 2.05) is 25.1 Å². The molecule has 2 nitrogen and oxygen atoms in total. The standard InChI is InChI=1S/C17H20FNO/c1-3-19-11-14-6-4-5-7-15(14)12-20-17-10-13(2)8-9-16(17)18/h4-10,19H,3,11-12H2,1-2H3. The van der Waals surface area contributed by atoms with Crippen LogP contribution in [0.3, 0.4) is 0 Å². The summed E-state index contributed by atoms with van der Waals surface area (Å²) in [5.41, 5.74) is 3.25. The van der Waals surface area contributed by atoms with Crippen molar-refractivity contribution in [2.45, 2.75) is 27.0 Å². The number of aryl methyl sites for hydroxylation is 1. The summed E-state index contributed by atoms with van der Waals surface area (Å²) < 4.78 is 19.3. The Morgan fingerprint density at radius 3 is 2.60 bits per heavy atom. The molecule has 106 valence electrons. The van der Waals surface area contributed by atoms with Crippen LogP contribution in [0.5, 0.6) is 5.75 Å². The molecule has 0 aliphatic rings. The lowest BCUT2D eigenvalue weighted by molar-refractivity contribution is 0.288. The number of hydrogen-bond donors (Lipinski definition) is 1. The first-order valence-electron chi connectivity index (χ1n) is 6.87. The van der Waals surface area contributed by atoms with Crippen LogP contribution in [-0.2, 0) is 13.2 Å². The van der Waals surface area contributed by atoms with Crippen LogP contribution in [0.4, 0.5) is 4.39 Å². The highest BCUT2D eigenvalue weighted by Crippen LogP contribution is 2.20. The third kappa shape index (κ3) is 3.81. The van der Waals surface area contributed by atoms with Gasteiger partial charge in [0.1, 0.15) is 6.61 Å². The molecule has 0 aliphatic heterocycles. The van der Waals surface area contributed by atoms with Gasteiger partial charge in [0.25, 0.3) is 0 Å². The second-order valence-corrected chi connectivity index (χ2v) is 4.77. The van der Waals surface area contributed by atoms with Gasteiger partial charge in [0.05, 0.1) is 0 Å². The molecule has 0 heterocycles. The normalized spacial score (nSPS) is 10.6. The van der Waals surface area contributed by atoms with Gasteiger partial charge in [0, 0.05) is 6.54 Å². The maximum Gasteiger partial charge on any atom is 0.165 e. The van der Waals surface area contributed by atoms with E-state index < -0.39 is 0 Å². The van der Waals surface area contributed by atoms with Crippen molar-refractivity contribution in [2.24, 2.45) is 0 Å². The topological polar surface area (TPSA) is 21.3 Å². The van der Waals surface area contributed by atoms with Crippen LogP contribution in [0.25, 0.3) is 0 Å². The lowest BCUT2D eigenvalue weighted by Gasteiger charge is -2.12. The zero-order valence-electron chi connectivity index (χ0n) is 11.9. The van der Waals surface area contributed by atoms with Crippen molar-refractivity contribution in [2.75, 3.05) is 6.54 Å². The molecule has 0 atom stereocenters. The fourth-order valence-electron chi connectivity index (χ4n) is 2.01. The highest BCUT2D eigenvalue weighted by atomic mass is 19.1. The van der Waals surface area contributed by atoms with Crippen molar-refractivity contribution in [3.05, 3.63) is 65.0 Å². The van der Waals surface area contributed by atoms with E-state index in [-0.39, 0.29) is 5.82 Å². The Balaban J connectivity index is 2.08. The van der Waals surface area contributed by atoms with Gasteiger partial charge in [0.15, 0.2) is 11.6 Å². The van der Waals surface area contributed by atoms with E-state index in [0.29, 0.717) is 12.4 Å². The first-order chi connectivity index (χ1) is 9.70. The van der Waals surface area contributed by atoms with Crippen LogP contribution in [-0.4, -0.2) is 6.54 Å². The minimum absolute atomic E-state index is 0.309. The van der Waals surface area contributed by atoms with Crippen LogP contribution in [0, 0.1) is 12.7 Å². The molecular weight excluding hydrogens is 253 g/mol. The fraction of sp³-hybridized carbons (Fsp3) is 0.294. The van der Waals surface area contributed by atoms with Gasteiger partial charge in [-0.05, 0) is 42.3 Å². The molecule has 0 radical (unpaired) electrons. The monoisotopic (exact) mass is 273 g/mol. The predicted molar refractivity (Wildman–Crippen MR) is 79.3 cm³/mol. The van der Waals surface area contributed by atoms with Gasteiger partial charge < -0.3 is 10.1 Å². The maximum atomic E-state index is 13.6. The molecule has 0 aliphatic carbocycles. The second kappa shape index (κ2) is 7.06. The molecule has 1 N–H and O–H groups in total. The average molecular weight is 273 g/mol. The number of ether oxygens (including phenoxy) is 1. The molecule has 0 fully saturated rings. The molecule has 0 spiro atoms. The van der Waals surface area contributed by atoms with E-state index in [1.54, 1.807) is 12.1 Å². The number of benzene rings is 2. The third-order valence-corrected chi connectivity index (χ3v) is 3.15. The van der Waals surface area contributed by atoms with Crippen LogP contribution in [0.15, 0.2) is 42.5 Å². The Hall–Kier alpha value is -1.87. The van der Waals surface area contributed by atoms with Gasteiger partial charge in [-0.2, -0.15) is 0 Å². The molecule has 2 aromatic rings. The van der Waals surface area contributed by atoms with Crippen LogP contribution in [0.1, 0.15) is 23.6 Å². The minimum atomic E-state index is -0.320. The fourth-order valence-corrected chi connectivity index (χ4v) is 2.01. The van der Waals surface area contributed by atoms with Gasteiger partial charge >= 0.3 is 0 Å². The third-order valence-electron chi connectivity index (χ3n) is 3.15. The summed E-state index contributed by atoms with van der Waals surface area (Å²) in [4.78, 5) is 0.